The van der Waals surface area contributed by atoms with Crippen LogP contribution in [0.1, 0.15) is 67.4 Å². The summed E-state index contributed by atoms with van der Waals surface area (Å²) in [6.07, 6.45) is 4.99. The number of amides is 1. The molecule has 1 saturated carbocycles. The van der Waals surface area contributed by atoms with Gasteiger partial charge in [-0.25, -0.2) is 4.52 Å². The Labute approximate surface area is 212 Å². The molecule has 2 atom stereocenters. The third-order valence-corrected chi connectivity index (χ3v) is 6.36. The summed E-state index contributed by atoms with van der Waals surface area (Å²) >= 11 is 0. The van der Waals surface area contributed by atoms with Gasteiger partial charge in [0.05, 0.1) is 35.1 Å². The molecule has 1 fully saturated rings. The first kappa shape index (κ1) is 24.8. The molecule has 0 bridgehead atoms. The standard InChI is InChI=1S/C25H29N7O5/c1-25(2,3)21-19-11-27-29-22(18-9-16(12-33)37-31-18)32(19)30-24(21)36-13-15-8-7-14(10-26-15)23(35)28-17-5-4-6-20(17)34/h7-11,17,20,33-34H,4-6,12-13H2,1-3H3,(H,28,35)/t17-,20-/m0/s1. The molecular weight excluding hydrogens is 478 g/mol. The van der Waals surface area contributed by atoms with E-state index in [9.17, 15) is 15.0 Å². The van der Waals surface area contributed by atoms with Crippen molar-refractivity contribution in [1.82, 2.24) is 35.3 Å². The predicted molar refractivity (Wildman–Crippen MR) is 131 cm³/mol. The van der Waals surface area contributed by atoms with Crippen LogP contribution >= 0.6 is 0 Å². The number of nitrogens with zero attached hydrogens (tertiary/aromatic N) is 6. The van der Waals surface area contributed by atoms with E-state index in [1.807, 2.05) is 20.8 Å². The fourth-order valence-electron chi connectivity index (χ4n) is 4.48. The Morgan fingerprint density at radius 2 is 2.11 bits per heavy atom. The largest absolute Gasteiger partial charge is 0.470 e. The highest BCUT2D eigenvalue weighted by molar-refractivity contribution is 5.94. The summed E-state index contributed by atoms with van der Waals surface area (Å²) in [5.41, 5.74) is 2.63. The van der Waals surface area contributed by atoms with E-state index in [0.29, 0.717) is 46.4 Å². The summed E-state index contributed by atoms with van der Waals surface area (Å²) < 4.78 is 12.8. The zero-order valence-electron chi connectivity index (χ0n) is 20.9. The number of pyridine rings is 1. The van der Waals surface area contributed by atoms with Crippen molar-refractivity contribution in [2.45, 2.75) is 70.8 Å². The second-order valence-corrected chi connectivity index (χ2v) is 10.1. The summed E-state index contributed by atoms with van der Waals surface area (Å²) in [6.45, 7) is 5.98. The smallest absolute Gasteiger partial charge is 0.253 e. The summed E-state index contributed by atoms with van der Waals surface area (Å²) in [6, 6.07) is 4.78. The van der Waals surface area contributed by atoms with Crippen molar-refractivity contribution in [3.63, 3.8) is 0 Å². The number of aliphatic hydroxyl groups excluding tert-OH is 2. The van der Waals surface area contributed by atoms with Gasteiger partial charge in [0.1, 0.15) is 13.2 Å². The molecule has 5 rings (SSSR count). The Morgan fingerprint density at radius 3 is 2.76 bits per heavy atom. The van der Waals surface area contributed by atoms with Gasteiger partial charge in [0, 0.05) is 17.8 Å². The minimum absolute atomic E-state index is 0.130. The SMILES string of the molecule is CC(C)(C)c1c(OCc2ccc(C(=O)N[C@H]3CCC[C@@H]3O)cn2)nn2c(-c3cc(CO)on3)nncc12. The number of hydrogen-bond acceptors (Lipinski definition) is 10. The van der Waals surface area contributed by atoms with Crippen LogP contribution in [0.2, 0.25) is 0 Å². The molecule has 4 aromatic rings. The second-order valence-electron chi connectivity index (χ2n) is 10.1. The lowest BCUT2D eigenvalue weighted by atomic mass is 9.88. The van der Waals surface area contributed by atoms with Gasteiger partial charge in [-0.15, -0.1) is 10.2 Å². The average molecular weight is 508 g/mol. The van der Waals surface area contributed by atoms with Crippen LogP contribution in [0.3, 0.4) is 0 Å². The van der Waals surface area contributed by atoms with Crippen LogP contribution in [0.25, 0.3) is 17.0 Å². The molecule has 0 saturated heterocycles. The molecule has 12 heteroatoms. The van der Waals surface area contributed by atoms with Crippen LogP contribution in [0.5, 0.6) is 5.88 Å². The molecule has 0 radical (unpaired) electrons. The fourth-order valence-corrected chi connectivity index (χ4v) is 4.48. The maximum absolute atomic E-state index is 12.5. The minimum Gasteiger partial charge on any atom is -0.470 e. The number of aromatic nitrogens is 6. The highest BCUT2D eigenvalue weighted by atomic mass is 16.5. The molecule has 0 unspecified atom stereocenters. The van der Waals surface area contributed by atoms with E-state index in [1.165, 1.54) is 6.20 Å². The van der Waals surface area contributed by atoms with E-state index >= 15 is 0 Å². The third kappa shape index (κ3) is 5.02. The van der Waals surface area contributed by atoms with Crippen LogP contribution < -0.4 is 10.1 Å². The maximum Gasteiger partial charge on any atom is 0.253 e. The average Bonchev–Trinajstić information content (AvgIpc) is 3.61. The molecular formula is C25H29N7O5. The molecule has 1 aliphatic carbocycles. The molecule has 1 amide bonds. The van der Waals surface area contributed by atoms with Crippen molar-refractivity contribution in [3.05, 3.63) is 53.2 Å². The molecule has 4 heterocycles. The van der Waals surface area contributed by atoms with Crippen LogP contribution in [0, 0.1) is 0 Å². The maximum atomic E-state index is 12.5. The van der Waals surface area contributed by atoms with Gasteiger partial charge in [-0.3, -0.25) is 9.78 Å². The number of hydrogen-bond donors (Lipinski definition) is 3. The number of nitrogens with one attached hydrogen (secondary N) is 1. The van der Waals surface area contributed by atoms with Crippen molar-refractivity contribution >= 4 is 11.4 Å². The van der Waals surface area contributed by atoms with Gasteiger partial charge in [-0.05, 0) is 36.8 Å². The zero-order valence-corrected chi connectivity index (χ0v) is 20.9. The van der Waals surface area contributed by atoms with Crippen LogP contribution in [0.4, 0.5) is 0 Å². The number of carbonyl (C=O) groups excluding carboxylic acids is 1. The summed E-state index contributed by atoms with van der Waals surface area (Å²) in [5.74, 6) is 0.789. The van der Waals surface area contributed by atoms with Crippen molar-refractivity contribution in [3.8, 4) is 17.4 Å². The quantitative estimate of drug-likeness (QED) is 0.338. The first-order valence-electron chi connectivity index (χ1n) is 12.1. The van der Waals surface area contributed by atoms with E-state index < -0.39 is 6.10 Å². The Hall–Kier alpha value is -3.90. The zero-order chi connectivity index (χ0) is 26.2. The highest BCUT2D eigenvalue weighted by Crippen LogP contribution is 2.36. The summed E-state index contributed by atoms with van der Waals surface area (Å²) in [7, 11) is 0. The Bertz CT molecular complexity index is 1410. The van der Waals surface area contributed by atoms with Gasteiger partial charge in [0.2, 0.25) is 11.7 Å². The number of fused-ring (bicyclic) bond motifs is 1. The normalized spacial score (nSPS) is 17.9. The number of ether oxygens (including phenoxy) is 1. The second kappa shape index (κ2) is 9.87. The molecule has 3 N–H and O–H groups in total. The van der Waals surface area contributed by atoms with Gasteiger partial charge in [0.15, 0.2) is 11.5 Å². The minimum atomic E-state index is -0.501. The number of rotatable bonds is 7. The first-order valence-corrected chi connectivity index (χ1v) is 12.1. The Morgan fingerprint density at radius 1 is 1.27 bits per heavy atom. The van der Waals surface area contributed by atoms with Crippen LogP contribution in [0.15, 0.2) is 35.1 Å². The molecule has 0 spiro atoms. The molecule has 1 aliphatic rings. The van der Waals surface area contributed by atoms with E-state index in [-0.39, 0.29) is 30.6 Å². The van der Waals surface area contributed by atoms with Gasteiger partial charge >= 0.3 is 0 Å². The molecule has 194 valence electrons. The van der Waals surface area contributed by atoms with Crippen molar-refractivity contribution in [2.75, 3.05) is 0 Å². The molecule has 4 aromatic heterocycles. The number of carbonyl (C=O) groups is 1. The molecule has 0 aromatic carbocycles. The van der Waals surface area contributed by atoms with Gasteiger partial charge in [-0.1, -0.05) is 25.9 Å². The molecule has 0 aliphatic heterocycles. The Kier molecular flexibility index (Phi) is 6.61. The third-order valence-electron chi connectivity index (χ3n) is 6.36. The lowest BCUT2D eigenvalue weighted by molar-refractivity contribution is 0.0873. The lowest BCUT2D eigenvalue weighted by Gasteiger charge is -2.19. The molecule has 37 heavy (non-hydrogen) atoms. The lowest BCUT2D eigenvalue weighted by Crippen LogP contribution is -2.39. The van der Waals surface area contributed by atoms with E-state index in [1.54, 1.807) is 28.9 Å². The van der Waals surface area contributed by atoms with Gasteiger partial charge in [-0.2, -0.15) is 5.10 Å². The van der Waals surface area contributed by atoms with Crippen LogP contribution in [-0.4, -0.2) is 58.2 Å². The molecule has 12 nitrogen and oxygen atoms in total. The van der Waals surface area contributed by atoms with E-state index in [0.717, 1.165) is 18.4 Å². The fraction of sp³-hybridized carbons (Fsp3) is 0.440. The van der Waals surface area contributed by atoms with E-state index in [2.05, 4.69) is 30.8 Å². The van der Waals surface area contributed by atoms with Gasteiger partial charge in [0.25, 0.3) is 5.91 Å². The summed E-state index contributed by atoms with van der Waals surface area (Å²) in [4.78, 5) is 16.9. The van der Waals surface area contributed by atoms with E-state index in [4.69, 9.17) is 9.26 Å². The van der Waals surface area contributed by atoms with Gasteiger partial charge < -0.3 is 24.8 Å². The summed E-state index contributed by atoms with van der Waals surface area (Å²) in [5, 5.41) is 39.0. The highest BCUT2D eigenvalue weighted by Gasteiger charge is 2.29. The monoisotopic (exact) mass is 507 g/mol. The van der Waals surface area contributed by atoms with Crippen LogP contribution in [-0.2, 0) is 18.6 Å². The van der Waals surface area contributed by atoms with Crippen molar-refractivity contribution < 1.29 is 24.3 Å². The van der Waals surface area contributed by atoms with Crippen molar-refractivity contribution in [1.29, 1.82) is 0 Å². The predicted octanol–water partition coefficient (Wildman–Crippen LogP) is 2.19. The topological polar surface area (TPSA) is 161 Å². The first-order chi connectivity index (χ1) is 17.7. The Balaban J connectivity index is 1.37. The number of aliphatic hydroxyl groups is 2. The van der Waals surface area contributed by atoms with Crippen molar-refractivity contribution in [2.24, 2.45) is 0 Å².